The number of nitrogen functional groups attached to an aromatic ring is 1. The average molecular weight is 574 g/mol. The Kier molecular flexibility index (Phi) is 12.8. The first kappa shape index (κ1) is 32.4. The Hall–Kier alpha value is -3.77. The third-order valence-electron chi connectivity index (χ3n) is 6.24. The van der Waals surface area contributed by atoms with Crippen molar-refractivity contribution < 1.29 is 27.9 Å². The third kappa shape index (κ3) is 10.8. The predicted molar refractivity (Wildman–Crippen MR) is 153 cm³/mol. The zero-order valence-corrected chi connectivity index (χ0v) is 23.7. The normalized spacial score (nSPS) is 15.4. The Bertz CT molecular complexity index is 1250. The van der Waals surface area contributed by atoms with Crippen LogP contribution in [0.15, 0.2) is 54.6 Å². The predicted octanol–water partition coefficient (Wildman–Crippen LogP) is 2.00. The summed E-state index contributed by atoms with van der Waals surface area (Å²) < 4.78 is 27.9. The first-order chi connectivity index (χ1) is 18.9. The van der Waals surface area contributed by atoms with E-state index in [4.69, 9.17) is 21.0 Å². The molecule has 0 aliphatic carbocycles. The van der Waals surface area contributed by atoms with Gasteiger partial charge in [-0.05, 0) is 36.8 Å². The van der Waals surface area contributed by atoms with Crippen LogP contribution in [0.25, 0.3) is 0 Å². The van der Waals surface area contributed by atoms with Crippen LogP contribution in [0, 0.1) is 5.41 Å². The lowest BCUT2D eigenvalue weighted by Gasteiger charge is -2.29. The number of unbranched alkanes of at least 4 members (excludes halogenated alkanes) is 1. The topological polar surface area (TPSA) is 183 Å². The van der Waals surface area contributed by atoms with Crippen LogP contribution in [0.4, 0.5) is 0 Å². The molecule has 1 fully saturated rings. The van der Waals surface area contributed by atoms with Crippen LogP contribution in [0.2, 0.25) is 0 Å². The summed E-state index contributed by atoms with van der Waals surface area (Å²) in [5.41, 5.74) is 7.76. The fourth-order valence-electron chi connectivity index (χ4n) is 4.25. The number of hydrogen-bond donors (Lipinski definition) is 5. The van der Waals surface area contributed by atoms with Crippen LogP contribution < -0.4 is 15.8 Å². The van der Waals surface area contributed by atoms with Gasteiger partial charge in [0.05, 0.1) is 5.75 Å². The minimum atomic E-state index is -3.65. The summed E-state index contributed by atoms with van der Waals surface area (Å²) >= 11 is 0. The molecule has 12 heteroatoms. The summed E-state index contributed by atoms with van der Waals surface area (Å²) in [5, 5.41) is 17.8. The van der Waals surface area contributed by atoms with E-state index in [2.05, 4.69) is 10.0 Å². The quantitative estimate of drug-likeness (QED) is 0.190. The molecular formula is C28H39N5O6S. The molecule has 40 heavy (non-hydrogen) atoms. The number of carboxylic acid groups (broad SMARTS) is 1. The van der Waals surface area contributed by atoms with E-state index in [1.54, 1.807) is 24.3 Å². The van der Waals surface area contributed by atoms with Crippen LogP contribution in [0.3, 0.4) is 0 Å². The van der Waals surface area contributed by atoms with Gasteiger partial charge in [-0.15, -0.1) is 0 Å². The number of hydrogen-bond acceptors (Lipinski definition) is 6. The van der Waals surface area contributed by atoms with Crippen molar-refractivity contribution >= 4 is 33.6 Å². The molecule has 3 rings (SSSR count). The number of carbonyl (C=O) groups excluding carboxylic acids is 2. The molecule has 0 bridgehead atoms. The number of sulfonamides is 1. The van der Waals surface area contributed by atoms with Crippen molar-refractivity contribution in [3.8, 4) is 0 Å². The van der Waals surface area contributed by atoms with Crippen LogP contribution >= 0.6 is 0 Å². The lowest BCUT2D eigenvalue weighted by molar-refractivity contribution is -0.139. The van der Waals surface area contributed by atoms with Crippen molar-refractivity contribution in [1.29, 1.82) is 5.41 Å². The Balaban J connectivity index is 0.00000131. The molecule has 1 aliphatic heterocycles. The number of rotatable bonds is 12. The third-order valence-corrected chi connectivity index (χ3v) is 7.71. The highest BCUT2D eigenvalue weighted by Gasteiger charge is 2.38. The van der Waals surface area contributed by atoms with Gasteiger partial charge in [0.25, 0.3) is 5.97 Å². The van der Waals surface area contributed by atoms with Crippen LogP contribution in [0.5, 0.6) is 0 Å². The smallest absolute Gasteiger partial charge is 0.300 e. The summed E-state index contributed by atoms with van der Waals surface area (Å²) in [4.78, 5) is 37.1. The summed E-state index contributed by atoms with van der Waals surface area (Å²) in [6.45, 7) is 3.66. The summed E-state index contributed by atoms with van der Waals surface area (Å²) in [7, 11) is -3.65. The number of aliphatic carboxylic acids is 1. The number of nitrogens with zero attached hydrogens (tertiary/aromatic N) is 1. The fraction of sp³-hybridized carbons (Fsp3) is 0.429. The molecule has 218 valence electrons. The summed E-state index contributed by atoms with van der Waals surface area (Å²) in [6, 6.07) is 14.6. The molecule has 1 saturated heterocycles. The van der Waals surface area contributed by atoms with E-state index in [1.165, 1.54) is 4.90 Å². The van der Waals surface area contributed by atoms with Gasteiger partial charge in [-0.3, -0.25) is 19.8 Å². The van der Waals surface area contributed by atoms with Gasteiger partial charge >= 0.3 is 0 Å². The number of amides is 2. The van der Waals surface area contributed by atoms with E-state index >= 15 is 0 Å². The Morgan fingerprint density at radius 3 is 2.30 bits per heavy atom. The molecule has 0 unspecified atom stereocenters. The van der Waals surface area contributed by atoms with Crippen molar-refractivity contribution in [3.63, 3.8) is 0 Å². The Morgan fingerprint density at radius 2 is 1.73 bits per heavy atom. The number of carbonyl (C=O) groups is 3. The molecule has 11 nitrogen and oxygen atoms in total. The van der Waals surface area contributed by atoms with Crippen molar-refractivity contribution in [2.45, 2.75) is 64.6 Å². The second-order valence-corrected chi connectivity index (χ2v) is 11.4. The van der Waals surface area contributed by atoms with Gasteiger partial charge in [0.15, 0.2) is 0 Å². The molecule has 1 aliphatic rings. The molecule has 6 N–H and O–H groups in total. The molecule has 2 aromatic carbocycles. The van der Waals surface area contributed by atoms with E-state index in [-0.39, 0.29) is 36.4 Å². The fourth-order valence-corrected chi connectivity index (χ4v) is 5.66. The Labute approximate surface area is 235 Å². The van der Waals surface area contributed by atoms with Gasteiger partial charge < -0.3 is 21.1 Å². The zero-order chi connectivity index (χ0) is 29.7. The highest BCUT2D eigenvalue weighted by molar-refractivity contribution is 7.89. The highest BCUT2D eigenvalue weighted by atomic mass is 32.2. The minimum Gasteiger partial charge on any atom is -0.481 e. The number of nitrogens with one attached hydrogen (secondary N) is 3. The van der Waals surface area contributed by atoms with Gasteiger partial charge in [-0.1, -0.05) is 67.9 Å². The van der Waals surface area contributed by atoms with Gasteiger partial charge in [-0.25, -0.2) is 13.1 Å². The van der Waals surface area contributed by atoms with Crippen molar-refractivity contribution in [2.24, 2.45) is 5.73 Å². The van der Waals surface area contributed by atoms with Crippen molar-refractivity contribution in [1.82, 2.24) is 14.9 Å². The van der Waals surface area contributed by atoms with Gasteiger partial charge in [0.1, 0.15) is 17.9 Å². The maximum atomic E-state index is 13.6. The molecular weight excluding hydrogens is 534 g/mol. The number of benzene rings is 2. The van der Waals surface area contributed by atoms with Gasteiger partial charge in [-0.2, -0.15) is 0 Å². The Morgan fingerprint density at radius 1 is 1.10 bits per heavy atom. The number of carboxylic acids is 1. The number of likely N-dealkylation sites (tertiary alicyclic amines) is 1. The lowest BCUT2D eigenvalue weighted by atomic mass is 10.0. The standard InChI is InChI=1S/C26H35N5O4S.C2H4O2/c1-2-3-16-36(34,35)30-22(17-19-8-5-4-6-9-19)26(33)31-15-7-10-23(31)25(32)29-18-20-11-13-21(14-12-20)24(27)28;1-2(3)4/h4-6,8-9,11-14,22-23,30H,2-3,7,10,15-18H2,1H3,(H3,27,28)(H,29,32);1H3,(H,3,4)/t22-,23+;/m1./s1. The van der Waals surface area contributed by atoms with E-state index < -0.39 is 28.1 Å². The van der Waals surface area contributed by atoms with E-state index in [1.807, 2.05) is 37.3 Å². The molecule has 2 atom stereocenters. The molecule has 0 spiro atoms. The minimum absolute atomic E-state index is 0.0268. The maximum absolute atomic E-state index is 13.6. The maximum Gasteiger partial charge on any atom is 0.300 e. The molecule has 0 saturated carbocycles. The largest absolute Gasteiger partial charge is 0.481 e. The van der Waals surface area contributed by atoms with Crippen LogP contribution in [-0.4, -0.2) is 66.4 Å². The van der Waals surface area contributed by atoms with Crippen molar-refractivity contribution in [3.05, 3.63) is 71.3 Å². The summed E-state index contributed by atoms with van der Waals surface area (Å²) in [5.74, 6) is -1.57. The first-order valence-electron chi connectivity index (χ1n) is 13.2. The van der Waals surface area contributed by atoms with Crippen LogP contribution in [-0.2, 0) is 37.4 Å². The molecule has 2 amide bonds. The van der Waals surface area contributed by atoms with Gasteiger partial charge in [0.2, 0.25) is 21.8 Å². The first-order valence-corrected chi connectivity index (χ1v) is 14.8. The SMILES string of the molecule is CC(=O)O.CCCCS(=O)(=O)N[C@H](Cc1ccccc1)C(=O)N1CCC[C@H]1C(=O)NCc1ccc(C(=N)N)cc1. The monoisotopic (exact) mass is 573 g/mol. The van der Waals surface area contributed by atoms with E-state index in [0.717, 1.165) is 24.5 Å². The number of nitrogens with two attached hydrogens (primary N) is 1. The van der Waals surface area contributed by atoms with Crippen LogP contribution in [0.1, 0.15) is 56.2 Å². The molecule has 0 aromatic heterocycles. The second kappa shape index (κ2) is 15.7. The summed E-state index contributed by atoms with van der Waals surface area (Å²) in [6.07, 6.45) is 2.62. The molecule has 1 heterocycles. The van der Waals surface area contributed by atoms with E-state index in [0.29, 0.717) is 31.4 Å². The lowest BCUT2D eigenvalue weighted by Crippen LogP contribution is -2.54. The molecule has 0 radical (unpaired) electrons. The second-order valence-electron chi connectivity index (χ2n) is 9.57. The number of amidine groups is 1. The molecule has 2 aromatic rings. The highest BCUT2D eigenvalue weighted by Crippen LogP contribution is 2.20. The van der Waals surface area contributed by atoms with Gasteiger partial charge in [0, 0.05) is 25.6 Å². The van der Waals surface area contributed by atoms with E-state index in [9.17, 15) is 18.0 Å². The average Bonchev–Trinajstić information content (AvgIpc) is 3.40. The zero-order valence-electron chi connectivity index (χ0n) is 22.9. The van der Waals surface area contributed by atoms with Crippen molar-refractivity contribution in [2.75, 3.05) is 12.3 Å².